The van der Waals surface area contributed by atoms with Crippen molar-refractivity contribution in [3.63, 3.8) is 0 Å². The smallest absolute Gasteiger partial charge is 0.338 e. The van der Waals surface area contributed by atoms with Crippen LogP contribution in [0.15, 0.2) is 12.2 Å². The minimum absolute atomic E-state index is 0.269. The number of carbonyl (C=O) groups excluding carboxylic acids is 1. The van der Waals surface area contributed by atoms with Crippen LogP contribution in [0.2, 0.25) is 12.1 Å². The normalized spacial score (nSPS) is 12.0. The van der Waals surface area contributed by atoms with Gasteiger partial charge in [0, 0.05) is 19.3 Å². The fraction of sp³-hybridized carbons (Fsp3) is 0.833. The summed E-state index contributed by atoms with van der Waals surface area (Å²) >= 11 is 0. The number of rotatable bonds is 15. The first-order chi connectivity index (χ1) is 11.1. The lowest BCUT2D eigenvalue weighted by Crippen LogP contribution is -2.43. The minimum Gasteiger partial charge on any atom is -0.463 e. The van der Waals surface area contributed by atoms with Gasteiger partial charge in [0.05, 0.1) is 6.61 Å². The Hall–Kier alpha value is -0.653. The van der Waals surface area contributed by atoms with Crippen molar-refractivity contribution < 1.29 is 18.4 Å². The highest BCUT2D eigenvalue weighted by Gasteiger charge is 2.36. The molecule has 0 N–H and O–H groups in total. The fourth-order valence-corrected chi connectivity index (χ4v) is 5.73. The largest absolute Gasteiger partial charge is 0.463 e. The van der Waals surface area contributed by atoms with Crippen LogP contribution in [0.3, 0.4) is 0 Å². The molecule has 0 aromatic rings. The van der Waals surface area contributed by atoms with E-state index in [4.69, 9.17) is 13.6 Å². The summed E-state index contributed by atoms with van der Waals surface area (Å²) in [6, 6.07) is 1.92. The van der Waals surface area contributed by atoms with Crippen LogP contribution in [0.5, 0.6) is 0 Å². The van der Waals surface area contributed by atoms with Crippen molar-refractivity contribution in [1.82, 2.24) is 0 Å². The number of allylic oxidation sites excluding steroid dienone is 1. The van der Waals surface area contributed by atoms with Crippen molar-refractivity contribution in [2.45, 2.75) is 78.3 Å². The molecule has 0 aliphatic rings. The van der Waals surface area contributed by atoms with Crippen LogP contribution in [-0.4, -0.2) is 34.4 Å². The molecule has 136 valence electrons. The summed E-state index contributed by atoms with van der Waals surface area (Å²) in [7, 11) is -2.17. The van der Waals surface area contributed by atoms with Crippen molar-refractivity contribution >= 4 is 14.5 Å². The molecule has 4 nitrogen and oxygen atoms in total. The third-order valence-corrected chi connectivity index (χ3v) is 7.44. The second-order valence-corrected chi connectivity index (χ2v) is 9.23. The third kappa shape index (κ3) is 11.5. The average molecular weight is 345 g/mol. The fourth-order valence-electron chi connectivity index (χ4n) is 2.34. The number of unbranched alkanes of at least 4 members (excludes halogenated alkanes) is 2. The molecular formula is C18H36O4Si. The zero-order chi connectivity index (χ0) is 17.4. The van der Waals surface area contributed by atoms with Gasteiger partial charge in [-0.3, -0.25) is 0 Å². The predicted molar refractivity (Wildman–Crippen MR) is 97.8 cm³/mol. The summed E-state index contributed by atoms with van der Waals surface area (Å²) in [4.78, 5) is 11.4. The number of hydrogen-bond acceptors (Lipinski definition) is 4. The van der Waals surface area contributed by atoms with E-state index in [9.17, 15) is 4.79 Å². The maximum atomic E-state index is 11.4. The molecule has 0 amide bonds. The Bertz CT molecular complexity index is 308. The second-order valence-electron chi connectivity index (χ2n) is 5.84. The van der Waals surface area contributed by atoms with Crippen LogP contribution in [0, 0.1) is 0 Å². The quantitative estimate of drug-likeness (QED) is 0.182. The zero-order valence-corrected chi connectivity index (χ0v) is 16.6. The Morgan fingerprint density at radius 3 is 1.96 bits per heavy atom. The first-order valence-corrected chi connectivity index (χ1v) is 11.4. The number of esters is 1. The molecule has 5 heteroatoms. The first-order valence-electron chi connectivity index (χ1n) is 9.21. The maximum Gasteiger partial charge on any atom is 0.338 e. The van der Waals surface area contributed by atoms with Gasteiger partial charge >= 0.3 is 14.5 Å². The van der Waals surface area contributed by atoms with Crippen LogP contribution >= 0.6 is 0 Å². The topological polar surface area (TPSA) is 44.8 Å². The van der Waals surface area contributed by atoms with E-state index in [2.05, 4.69) is 20.8 Å². The lowest BCUT2D eigenvalue weighted by molar-refractivity contribution is -0.137. The maximum absolute atomic E-state index is 11.4. The van der Waals surface area contributed by atoms with Gasteiger partial charge in [0.2, 0.25) is 0 Å². The van der Waals surface area contributed by atoms with Crippen molar-refractivity contribution in [2.75, 3.05) is 19.8 Å². The summed E-state index contributed by atoms with van der Waals surface area (Å²) in [6.45, 7) is 10.3. The highest BCUT2D eigenvalue weighted by atomic mass is 28.4. The molecular weight excluding hydrogens is 308 g/mol. The third-order valence-electron chi connectivity index (χ3n) is 3.61. The van der Waals surface area contributed by atoms with Gasteiger partial charge in [-0.2, -0.15) is 0 Å². The van der Waals surface area contributed by atoms with E-state index in [1.54, 1.807) is 6.08 Å². The lowest BCUT2D eigenvalue weighted by Gasteiger charge is -2.31. The Labute approximate surface area is 143 Å². The molecule has 0 aliphatic heterocycles. The van der Waals surface area contributed by atoms with Crippen LogP contribution in [0.4, 0.5) is 0 Å². The van der Waals surface area contributed by atoms with E-state index in [0.717, 1.165) is 63.8 Å². The van der Waals surface area contributed by atoms with E-state index in [-0.39, 0.29) is 5.97 Å². The molecule has 0 bridgehead atoms. The van der Waals surface area contributed by atoms with Gasteiger partial charge in [0.1, 0.15) is 0 Å². The summed E-state index contributed by atoms with van der Waals surface area (Å²) < 4.78 is 17.7. The van der Waals surface area contributed by atoms with Gasteiger partial charge in [-0.1, -0.05) is 46.1 Å². The molecule has 0 unspecified atom stereocenters. The Morgan fingerprint density at radius 2 is 1.48 bits per heavy atom. The van der Waals surface area contributed by atoms with E-state index in [0.29, 0.717) is 6.61 Å². The lowest BCUT2D eigenvalue weighted by atomic mass is 10.4. The number of carbonyl (C=O) groups is 1. The van der Waals surface area contributed by atoms with Crippen molar-refractivity contribution in [3.8, 4) is 0 Å². The van der Waals surface area contributed by atoms with Gasteiger partial charge in [0.25, 0.3) is 0 Å². The number of hydrogen-bond donors (Lipinski definition) is 0. The summed E-state index contributed by atoms with van der Waals surface area (Å²) in [5.41, 5.74) is 0. The van der Waals surface area contributed by atoms with Crippen molar-refractivity contribution in [1.29, 1.82) is 0 Å². The van der Waals surface area contributed by atoms with Gasteiger partial charge in [-0.15, -0.1) is 0 Å². The minimum atomic E-state index is -2.17. The molecule has 0 atom stereocenters. The zero-order valence-electron chi connectivity index (χ0n) is 15.6. The molecule has 0 heterocycles. The van der Waals surface area contributed by atoms with E-state index >= 15 is 0 Å². The van der Waals surface area contributed by atoms with Crippen molar-refractivity contribution in [2.24, 2.45) is 0 Å². The standard InChI is InChI=1S/C18H36O4Si/c1-5-9-14-21-23(16-8-4,22-15-10-6-2)17-11-13-20-18(19)12-7-3/h7,12H,5-6,8-11,13-17H2,1-4H3. The molecule has 0 aromatic heterocycles. The predicted octanol–water partition coefficient (Wildman–Crippen LogP) is 4.98. The molecule has 0 spiro atoms. The second kappa shape index (κ2) is 14.9. The molecule has 0 radical (unpaired) electrons. The summed E-state index contributed by atoms with van der Waals surface area (Å²) in [5, 5.41) is 0. The summed E-state index contributed by atoms with van der Waals surface area (Å²) in [6.07, 6.45) is 9.44. The van der Waals surface area contributed by atoms with E-state index < -0.39 is 8.56 Å². The van der Waals surface area contributed by atoms with Gasteiger partial charge in [-0.25, -0.2) is 4.79 Å². The SMILES string of the molecule is CC=CC(=O)OCCC[Si](CCC)(OCCCC)OCCCC. The highest BCUT2D eigenvalue weighted by molar-refractivity contribution is 6.67. The van der Waals surface area contributed by atoms with Crippen LogP contribution in [-0.2, 0) is 18.4 Å². The molecule has 0 fully saturated rings. The van der Waals surface area contributed by atoms with Crippen LogP contribution in [0.1, 0.15) is 66.2 Å². The monoisotopic (exact) mass is 344 g/mol. The molecule has 0 aromatic carbocycles. The molecule has 0 rings (SSSR count). The van der Waals surface area contributed by atoms with E-state index in [1.807, 2.05) is 6.92 Å². The highest BCUT2D eigenvalue weighted by Crippen LogP contribution is 2.24. The summed E-state index contributed by atoms with van der Waals surface area (Å²) in [5.74, 6) is -0.269. The average Bonchev–Trinajstić information content (AvgIpc) is 2.53. The van der Waals surface area contributed by atoms with Crippen molar-refractivity contribution in [3.05, 3.63) is 12.2 Å². The number of ether oxygens (including phenoxy) is 1. The Kier molecular flexibility index (Phi) is 14.5. The molecule has 0 saturated heterocycles. The molecule has 23 heavy (non-hydrogen) atoms. The van der Waals surface area contributed by atoms with Gasteiger partial charge in [-0.05, 0) is 38.3 Å². The Morgan fingerprint density at radius 1 is 0.870 bits per heavy atom. The first kappa shape index (κ1) is 22.3. The van der Waals surface area contributed by atoms with Crippen LogP contribution < -0.4 is 0 Å². The van der Waals surface area contributed by atoms with Crippen LogP contribution in [0.25, 0.3) is 0 Å². The molecule has 0 aliphatic carbocycles. The molecule has 0 saturated carbocycles. The van der Waals surface area contributed by atoms with Gasteiger partial charge in [0.15, 0.2) is 0 Å². The van der Waals surface area contributed by atoms with Gasteiger partial charge < -0.3 is 13.6 Å². The Balaban J connectivity index is 4.48. The van der Waals surface area contributed by atoms with E-state index in [1.165, 1.54) is 6.08 Å².